The number of amides is 1. The lowest BCUT2D eigenvalue weighted by Gasteiger charge is -2.16. The summed E-state index contributed by atoms with van der Waals surface area (Å²) in [5.41, 5.74) is 2.02. The van der Waals surface area contributed by atoms with Gasteiger partial charge >= 0.3 is 0 Å². The van der Waals surface area contributed by atoms with E-state index in [9.17, 15) is 13.2 Å². The zero-order valence-corrected chi connectivity index (χ0v) is 14.3. The molecule has 0 radical (unpaired) electrons. The van der Waals surface area contributed by atoms with Crippen molar-refractivity contribution in [3.05, 3.63) is 65.7 Å². The van der Waals surface area contributed by atoms with Gasteiger partial charge in [0.25, 0.3) is 0 Å². The van der Waals surface area contributed by atoms with Gasteiger partial charge in [-0.25, -0.2) is 8.42 Å². The Morgan fingerprint density at radius 3 is 2.21 bits per heavy atom. The minimum Gasteiger partial charge on any atom is -0.351 e. The molecule has 0 atom stereocenters. The number of benzene rings is 2. The number of carbonyl (C=O) groups excluding carboxylic acids is 1. The third-order valence-corrected chi connectivity index (χ3v) is 4.83. The average Bonchev–Trinajstić information content (AvgIpc) is 3.35. The van der Waals surface area contributed by atoms with Crippen molar-refractivity contribution in [1.29, 1.82) is 0 Å². The predicted octanol–water partition coefficient (Wildman–Crippen LogP) is 2.41. The van der Waals surface area contributed by atoms with Crippen molar-refractivity contribution in [2.24, 2.45) is 0 Å². The Morgan fingerprint density at radius 2 is 1.67 bits per heavy atom. The van der Waals surface area contributed by atoms with Crippen molar-refractivity contribution in [3.63, 3.8) is 0 Å². The monoisotopic (exact) mass is 344 g/mol. The van der Waals surface area contributed by atoms with Gasteiger partial charge in [-0.3, -0.25) is 9.52 Å². The molecule has 1 saturated carbocycles. The van der Waals surface area contributed by atoms with Crippen molar-refractivity contribution in [2.45, 2.75) is 24.8 Å². The molecule has 5 nitrogen and oxygen atoms in total. The lowest BCUT2D eigenvalue weighted by molar-refractivity contribution is -0.123. The quantitative estimate of drug-likeness (QED) is 0.845. The highest BCUT2D eigenvalue weighted by molar-refractivity contribution is 7.92. The summed E-state index contributed by atoms with van der Waals surface area (Å²) < 4.78 is 24.9. The van der Waals surface area contributed by atoms with Gasteiger partial charge in [0, 0.05) is 12.2 Å². The van der Waals surface area contributed by atoms with E-state index in [4.69, 9.17) is 0 Å². The maximum absolute atomic E-state index is 12.6. The molecule has 0 saturated heterocycles. The van der Waals surface area contributed by atoms with E-state index in [0.717, 1.165) is 30.2 Å². The van der Waals surface area contributed by atoms with Crippen LogP contribution < -0.4 is 10.0 Å². The fourth-order valence-electron chi connectivity index (χ4n) is 2.79. The van der Waals surface area contributed by atoms with Crippen molar-refractivity contribution in [3.8, 4) is 0 Å². The van der Waals surface area contributed by atoms with E-state index in [1.165, 1.54) is 0 Å². The van der Waals surface area contributed by atoms with Crippen LogP contribution in [0.4, 0.5) is 5.69 Å². The Balaban J connectivity index is 1.68. The second-order valence-electron chi connectivity index (χ2n) is 6.20. The van der Waals surface area contributed by atoms with Crippen LogP contribution in [0.5, 0.6) is 0 Å². The zero-order valence-electron chi connectivity index (χ0n) is 13.5. The van der Waals surface area contributed by atoms with Crippen LogP contribution in [0.3, 0.4) is 0 Å². The number of sulfonamides is 1. The number of rotatable bonds is 6. The maximum atomic E-state index is 12.6. The second-order valence-corrected chi connectivity index (χ2v) is 7.95. The fourth-order valence-corrected chi connectivity index (χ4v) is 3.35. The maximum Gasteiger partial charge on any atom is 0.230 e. The third-order valence-electron chi connectivity index (χ3n) is 4.22. The molecule has 2 aromatic carbocycles. The molecule has 0 bridgehead atoms. The first kappa shape index (κ1) is 16.5. The molecule has 2 aromatic rings. The van der Waals surface area contributed by atoms with Crippen LogP contribution in [0.25, 0.3) is 0 Å². The van der Waals surface area contributed by atoms with Crippen LogP contribution >= 0.6 is 0 Å². The summed E-state index contributed by atoms with van der Waals surface area (Å²) in [5.74, 6) is 0.0233. The summed E-state index contributed by atoms with van der Waals surface area (Å²) in [7, 11) is -3.29. The van der Waals surface area contributed by atoms with Gasteiger partial charge < -0.3 is 5.32 Å². The number of hydrogen-bond donors (Lipinski definition) is 2. The van der Waals surface area contributed by atoms with E-state index >= 15 is 0 Å². The van der Waals surface area contributed by atoms with E-state index in [2.05, 4.69) is 10.0 Å². The smallest absolute Gasteiger partial charge is 0.230 e. The molecule has 1 aliphatic rings. The molecule has 3 rings (SSSR count). The van der Waals surface area contributed by atoms with Crippen molar-refractivity contribution < 1.29 is 13.2 Å². The molecule has 0 spiro atoms. The highest BCUT2D eigenvalue weighted by atomic mass is 32.2. The molecule has 0 aromatic heterocycles. The summed E-state index contributed by atoms with van der Waals surface area (Å²) >= 11 is 0. The van der Waals surface area contributed by atoms with Crippen LogP contribution in [-0.2, 0) is 26.8 Å². The SMILES string of the molecule is CS(=O)(=O)Nc1ccc(C2(C(=O)NCc3ccccc3)CC2)cc1. The van der Waals surface area contributed by atoms with E-state index < -0.39 is 15.4 Å². The normalized spacial score (nSPS) is 15.5. The minimum absolute atomic E-state index is 0.0233. The lowest BCUT2D eigenvalue weighted by Crippen LogP contribution is -2.34. The molecular formula is C18H20N2O3S. The number of anilines is 1. The Morgan fingerprint density at radius 1 is 1.04 bits per heavy atom. The largest absolute Gasteiger partial charge is 0.351 e. The summed E-state index contributed by atoms with van der Waals surface area (Å²) in [6, 6.07) is 16.8. The molecule has 126 valence electrons. The number of hydrogen-bond acceptors (Lipinski definition) is 3. The van der Waals surface area contributed by atoms with Crippen molar-refractivity contribution >= 4 is 21.6 Å². The molecule has 1 amide bonds. The molecule has 2 N–H and O–H groups in total. The van der Waals surface area contributed by atoms with Crippen LogP contribution in [-0.4, -0.2) is 20.6 Å². The average molecular weight is 344 g/mol. The van der Waals surface area contributed by atoms with Gasteiger partial charge in [-0.1, -0.05) is 42.5 Å². The summed E-state index contributed by atoms with van der Waals surface area (Å²) in [6.45, 7) is 0.509. The van der Waals surface area contributed by atoms with Gasteiger partial charge in [0.15, 0.2) is 0 Å². The van der Waals surface area contributed by atoms with Crippen molar-refractivity contribution in [2.75, 3.05) is 11.0 Å². The first-order chi connectivity index (χ1) is 11.4. The Kier molecular flexibility index (Phi) is 4.32. The van der Waals surface area contributed by atoms with E-state index in [1.807, 2.05) is 42.5 Å². The van der Waals surface area contributed by atoms with Gasteiger partial charge in [0.05, 0.1) is 11.7 Å². The summed E-state index contributed by atoms with van der Waals surface area (Å²) in [5, 5.41) is 3.00. The topological polar surface area (TPSA) is 75.3 Å². The lowest BCUT2D eigenvalue weighted by atomic mass is 9.94. The second kappa shape index (κ2) is 6.28. The first-order valence-corrected chi connectivity index (χ1v) is 9.69. The van der Waals surface area contributed by atoms with E-state index in [0.29, 0.717) is 12.2 Å². The highest BCUT2D eigenvalue weighted by Crippen LogP contribution is 2.48. The Bertz CT molecular complexity index is 826. The third kappa shape index (κ3) is 3.76. The van der Waals surface area contributed by atoms with Crippen molar-refractivity contribution in [1.82, 2.24) is 5.32 Å². The first-order valence-electron chi connectivity index (χ1n) is 7.80. The van der Waals surface area contributed by atoms with Gasteiger partial charge in [-0.2, -0.15) is 0 Å². The van der Waals surface area contributed by atoms with E-state index in [-0.39, 0.29) is 5.91 Å². The molecule has 24 heavy (non-hydrogen) atoms. The zero-order chi connectivity index (χ0) is 17.2. The molecule has 0 heterocycles. The van der Waals surface area contributed by atoms with Gasteiger partial charge in [-0.15, -0.1) is 0 Å². The summed E-state index contributed by atoms with van der Waals surface area (Å²) in [6.07, 6.45) is 2.74. The molecule has 0 aliphatic heterocycles. The standard InChI is InChI=1S/C18H20N2O3S/c1-24(22,23)20-16-9-7-15(8-10-16)18(11-12-18)17(21)19-13-14-5-3-2-4-6-14/h2-10,20H,11-13H2,1H3,(H,19,21). The highest BCUT2D eigenvalue weighted by Gasteiger charge is 2.51. The van der Waals surface area contributed by atoms with Crippen LogP contribution in [0.15, 0.2) is 54.6 Å². The Labute approximate surface area is 142 Å². The van der Waals surface area contributed by atoms with Crippen LogP contribution in [0.2, 0.25) is 0 Å². The number of carbonyl (C=O) groups is 1. The molecule has 1 aliphatic carbocycles. The predicted molar refractivity (Wildman–Crippen MR) is 94.1 cm³/mol. The van der Waals surface area contributed by atoms with Crippen LogP contribution in [0, 0.1) is 0 Å². The van der Waals surface area contributed by atoms with Crippen LogP contribution in [0.1, 0.15) is 24.0 Å². The molecule has 6 heteroatoms. The fraction of sp³-hybridized carbons (Fsp3) is 0.278. The van der Waals surface area contributed by atoms with E-state index in [1.54, 1.807) is 12.1 Å². The molecular weight excluding hydrogens is 324 g/mol. The summed E-state index contributed by atoms with van der Waals surface area (Å²) in [4.78, 5) is 12.6. The van der Waals surface area contributed by atoms with Gasteiger partial charge in [-0.05, 0) is 36.1 Å². The van der Waals surface area contributed by atoms with Gasteiger partial charge in [0.1, 0.15) is 0 Å². The minimum atomic E-state index is -3.29. The molecule has 0 unspecified atom stereocenters. The van der Waals surface area contributed by atoms with Gasteiger partial charge in [0.2, 0.25) is 15.9 Å². The molecule has 1 fully saturated rings. The number of nitrogens with one attached hydrogen (secondary N) is 2. The Hall–Kier alpha value is -2.34.